The lowest BCUT2D eigenvalue weighted by molar-refractivity contribution is -0.138. The quantitative estimate of drug-likeness (QED) is 0.463. The number of carbonyl (C=O) groups is 1. The molecule has 4 heteroatoms. The summed E-state index contributed by atoms with van der Waals surface area (Å²) < 4.78 is 0. The predicted molar refractivity (Wildman–Crippen MR) is 52.6 cm³/mol. The molecule has 12 heavy (non-hydrogen) atoms. The third-order valence-electron chi connectivity index (χ3n) is 1.30. The summed E-state index contributed by atoms with van der Waals surface area (Å²) in [5.74, 6) is 1.04. The molecule has 0 aromatic heterocycles. The van der Waals surface area contributed by atoms with Gasteiger partial charge in [-0.2, -0.15) is 11.8 Å². The van der Waals surface area contributed by atoms with E-state index in [9.17, 15) is 4.79 Å². The second kappa shape index (κ2) is 7.18. The van der Waals surface area contributed by atoms with Crippen molar-refractivity contribution in [2.24, 2.45) is 0 Å². The lowest BCUT2D eigenvalue weighted by Gasteiger charge is -2.07. The fourth-order valence-electron chi connectivity index (χ4n) is 0.602. The van der Waals surface area contributed by atoms with Gasteiger partial charge in [0, 0.05) is 18.1 Å². The van der Waals surface area contributed by atoms with E-state index >= 15 is 0 Å². The SMILES string of the molecule is C=CCSCCNC(C)C(=O)O. The Morgan fingerprint density at radius 2 is 2.50 bits per heavy atom. The molecule has 0 spiro atoms. The minimum atomic E-state index is -0.802. The van der Waals surface area contributed by atoms with Crippen LogP contribution in [0.5, 0.6) is 0 Å². The molecular weight excluding hydrogens is 174 g/mol. The van der Waals surface area contributed by atoms with Gasteiger partial charge in [-0.15, -0.1) is 6.58 Å². The molecule has 1 atom stereocenters. The molecule has 2 N–H and O–H groups in total. The van der Waals surface area contributed by atoms with E-state index in [-0.39, 0.29) is 0 Å². The molecule has 0 bridgehead atoms. The summed E-state index contributed by atoms with van der Waals surface area (Å²) in [4.78, 5) is 10.3. The molecule has 0 aromatic carbocycles. The maximum atomic E-state index is 10.3. The van der Waals surface area contributed by atoms with Gasteiger partial charge in [-0.25, -0.2) is 0 Å². The van der Waals surface area contributed by atoms with Gasteiger partial charge in [0.1, 0.15) is 6.04 Å². The average molecular weight is 189 g/mol. The minimum Gasteiger partial charge on any atom is -0.480 e. The van der Waals surface area contributed by atoms with Gasteiger partial charge >= 0.3 is 5.97 Å². The predicted octanol–water partition coefficient (Wildman–Crippen LogP) is 0.968. The largest absolute Gasteiger partial charge is 0.480 e. The number of nitrogens with one attached hydrogen (secondary N) is 1. The van der Waals surface area contributed by atoms with Crippen LogP contribution in [-0.2, 0) is 4.79 Å². The van der Waals surface area contributed by atoms with Gasteiger partial charge in [-0.05, 0) is 6.92 Å². The summed E-state index contributed by atoms with van der Waals surface area (Å²) in [6.45, 7) is 5.95. The van der Waals surface area contributed by atoms with E-state index in [1.54, 1.807) is 18.7 Å². The van der Waals surface area contributed by atoms with Crippen LogP contribution >= 0.6 is 11.8 Å². The number of aliphatic carboxylic acids is 1. The van der Waals surface area contributed by atoms with Gasteiger partial charge in [-0.3, -0.25) is 4.79 Å². The van der Waals surface area contributed by atoms with Crippen LogP contribution in [0.4, 0.5) is 0 Å². The summed E-state index contributed by atoms with van der Waals surface area (Å²) >= 11 is 1.73. The molecule has 0 saturated carbocycles. The zero-order valence-corrected chi connectivity index (χ0v) is 8.06. The second-order valence-corrected chi connectivity index (χ2v) is 3.53. The van der Waals surface area contributed by atoms with E-state index in [0.29, 0.717) is 0 Å². The first-order valence-corrected chi connectivity index (χ1v) is 4.98. The highest BCUT2D eigenvalue weighted by atomic mass is 32.2. The maximum Gasteiger partial charge on any atom is 0.320 e. The van der Waals surface area contributed by atoms with Crippen LogP contribution in [-0.4, -0.2) is 35.2 Å². The highest BCUT2D eigenvalue weighted by Crippen LogP contribution is 1.97. The normalized spacial score (nSPS) is 12.4. The molecule has 0 fully saturated rings. The molecule has 0 rings (SSSR count). The number of hydrogen-bond donors (Lipinski definition) is 2. The van der Waals surface area contributed by atoms with Gasteiger partial charge in [-0.1, -0.05) is 6.08 Å². The zero-order valence-electron chi connectivity index (χ0n) is 7.25. The van der Waals surface area contributed by atoms with Crippen LogP contribution in [0.1, 0.15) is 6.92 Å². The molecule has 1 unspecified atom stereocenters. The van der Waals surface area contributed by atoms with E-state index in [1.807, 2.05) is 6.08 Å². The minimum absolute atomic E-state index is 0.450. The zero-order chi connectivity index (χ0) is 9.40. The Morgan fingerprint density at radius 1 is 1.83 bits per heavy atom. The number of rotatable bonds is 7. The monoisotopic (exact) mass is 189 g/mol. The molecule has 0 saturated heterocycles. The van der Waals surface area contributed by atoms with Crippen LogP contribution in [0, 0.1) is 0 Å². The smallest absolute Gasteiger partial charge is 0.320 e. The van der Waals surface area contributed by atoms with E-state index in [2.05, 4.69) is 11.9 Å². The molecule has 3 nitrogen and oxygen atoms in total. The molecule has 0 heterocycles. The summed E-state index contributed by atoms with van der Waals surface area (Å²) in [6.07, 6.45) is 1.84. The van der Waals surface area contributed by atoms with Crippen molar-refractivity contribution < 1.29 is 9.90 Å². The van der Waals surface area contributed by atoms with Gasteiger partial charge in [0.05, 0.1) is 0 Å². The number of thioether (sulfide) groups is 1. The Morgan fingerprint density at radius 3 is 3.00 bits per heavy atom. The Bertz CT molecular complexity index is 150. The van der Waals surface area contributed by atoms with Crippen molar-refractivity contribution in [3.8, 4) is 0 Å². The Kier molecular flexibility index (Phi) is 6.90. The van der Waals surface area contributed by atoms with E-state index in [0.717, 1.165) is 18.1 Å². The van der Waals surface area contributed by atoms with Gasteiger partial charge in [0.15, 0.2) is 0 Å². The van der Waals surface area contributed by atoms with E-state index < -0.39 is 12.0 Å². The van der Waals surface area contributed by atoms with Crippen LogP contribution < -0.4 is 5.32 Å². The summed E-state index contributed by atoms with van der Waals surface area (Å²) in [6, 6.07) is -0.450. The van der Waals surface area contributed by atoms with Crippen molar-refractivity contribution in [3.05, 3.63) is 12.7 Å². The molecule has 0 aliphatic heterocycles. The maximum absolute atomic E-state index is 10.3. The first kappa shape index (κ1) is 11.5. The van der Waals surface area contributed by atoms with E-state index in [4.69, 9.17) is 5.11 Å². The number of carboxylic acids is 1. The first-order chi connectivity index (χ1) is 5.68. The Labute approximate surface area is 77.2 Å². The van der Waals surface area contributed by atoms with Crippen LogP contribution in [0.15, 0.2) is 12.7 Å². The average Bonchev–Trinajstić information content (AvgIpc) is 2.03. The third kappa shape index (κ3) is 6.24. The number of hydrogen-bond acceptors (Lipinski definition) is 3. The van der Waals surface area contributed by atoms with Crippen molar-refractivity contribution in [2.75, 3.05) is 18.1 Å². The van der Waals surface area contributed by atoms with Crippen LogP contribution in [0.2, 0.25) is 0 Å². The molecule has 0 amide bonds. The fourth-order valence-corrected chi connectivity index (χ4v) is 1.20. The number of carboxylic acid groups (broad SMARTS) is 1. The highest BCUT2D eigenvalue weighted by molar-refractivity contribution is 7.99. The molecule has 70 valence electrons. The van der Waals surface area contributed by atoms with Crippen molar-refractivity contribution in [2.45, 2.75) is 13.0 Å². The van der Waals surface area contributed by atoms with Crippen molar-refractivity contribution >= 4 is 17.7 Å². The highest BCUT2D eigenvalue weighted by Gasteiger charge is 2.07. The topological polar surface area (TPSA) is 49.3 Å². The van der Waals surface area contributed by atoms with Crippen LogP contribution in [0.25, 0.3) is 0 Å². The van der Waals surface area contributed by atoms with E-state index in [1.165, 1.54) is 0 Å². The van der Waals surface area contributed by atoms with Gasteiger partial charge in [0.2, 0.25) is 0 Å². The van der Waals surface area contributed by atoms with Crippen molar-refractivity contribution in [1.29, 1.82) is 0 Å². The lowest BCUT2D eigenvalue weighted by atomic mass is 10.3. The van der Waals surface area contributed by atoms with Gasteiger partial charge in [0.25, 0.3) is 0 Å². The standard InChI is InChI=1S/C8H15NO2S/c1-3-5-12-6-4-9-7(2)8(10)11/h3,7,9H,1,4-6H2,2H3,(H,10,11). The summed E-state index contributed by atoms with van der Waals surface area (Å²) in [5.41, 5.74) is 0. The Balaban J connectivity index is 3.19. The van der Waals surface area contributed by atoms with Crippen molar-refractivity contribution in [3.63, 3.8) is 0 Å². The molecule has 0 aliphatic rings. The molecule has 0 aromatic rings. The first-order valence-electron chi connectivity index (χ1n) is 3.83. The summed E-state index contributed by atoms with van der Waals surface area (Å²) in [7, 11) is 0. The molecule has 0 aliphatic carbocycles. The second-order valence-electron chi connectivity index (χ2n) is 2.38. The van der Waals surface area contributed by atoms with Gasteiger partial charge < -0.3 is 10.4 Å². The third-order valence-corrected chi connectivity index (χ3v) is 2.27. The van der Waals surface area contributed by atoms with Crippen LogP contribution in [0.3, 0.4) is 0 Å². The molecule has 0 radical (unpaired) electrons. The fraction of sp³-hybridized carbons (Fsp3) is 0.625. The summed E-state index contributed by atoms with van der Waals surface area (Å²) in [5, 5.41) is 11.4. The molecular formula is C8H15NO2S. The lowest BCUT2D eigenvalue weighted by Crippen LogP contribution is -2.35. The Hall–Kier alpha value is -0.480. The van der Waals surface area contributed by atoms with Crippen molar-refractivity contribution in [1.82, 2.24) is 5.32 Å².